The molecule has 1 aromatic heterocycles. The second kappa shape index (κ2) is 6.85. The van der Waals surface area contributed by atoms with E-state index < -0.39 is 0 Å². The third kappa shape index (κ3) is 4.82. The lowest BCUT2D eigenvalue weighted by molar-refractivity contribution is -0.116. The van der Waals surface area contributed by atoms with Crippen molar-refractivity contribution < 1.29 is 4.79 Å². The Labute approximate surface area is 102 Å². The molecule has 0 bridgehead atoms. The van der Waals surface area contributed by atoms with Crippen LogP contribution in [0.3, 0.4) is 0 Å². The number of nitrogens with two attached hydrogens (primary N) is 1. The van der Waals surface area contributed by atoms with Crippen LogP contribution in [0.4, 0.5) is 11.5 Å². The second-order valence-electron chi connectivity index (χ2n) is 3.97. The number of amides is 1. The summed E-state index contributed by atoms with van der Waals surface area (Å²) in [5.41, 5.74) is 6.24. The molecule has 1 amide bonds. The van der Waals surface area contributed by atoms with Gasteiger partial charge in [-0.3, -0.25) is 4.79 Å². The third-order valence-electron chi connectivity index (χ3n) is 2.43. The summed E-state index contributed by atoms with van der Waals surface area (Å²) in [6.45, 7) is 4.57. The normalized spacial score (nSPS) is 11.9. The van der Waals surface area contributed by atoms with E-state index in [0.717, 1.165) is 12.1 Å². The van der Waals surface area contributed by atoms with E-state index in [1.807, 2.05) is 6.07 Å². The first-order chi connectivity index (χ1) is 8.15. The molecule has 5 nitrogen and oxygen atoms in total. The van der Waals surface area contributed by atoms with Crippen LogP contribution in [-0.2, 0) is 4.79 Å². The lowest BCUT2D eigenvalue weighted by Crippen LogP contribution is -2.17. The van der Waals surface area contributed by atoms with Crippen LogP contribution in [0.2, 0.25) is 0 Å². The van der Waals surface area contributed by atoms with Crippen LogP contribution in [0.15, 0.2) is 18.3 Å². The number of aromatic nitrogens is 1. The highest BCUT2D eigenvalue weighted by Gasteiger charge is 2.03. The molecule has 1 aromatic rings. The lowest BCUT2D eigenvalue weighted by atomic mass is 10.2. The fourth-order valence-corrected chi connectivity index (χ4v) is 1.28. The fraction of sp³-hybridized carbons (Fsp3) is 0.500. The van der Waals surface area contributed by atoms with Gasteiger partial charge in [0.1, 0.15) is 5.82 Å². The van der Waals surface area contributed by atoms with E-state index in [9.17, 15) is 4.79 Å². The fourth-order valence-electron chi connectivity index (χ4n) is 1.28. The molecule has 0 spiro atoms. The van der Waals surface area contributed by atoms with Crippen LogP contribution < -0.4 is 16.4 Å². The van der Waals surface area contributed by atoms with Gasteiger partial charge in [0.2, 0.25) is 5.91 Å². The van der Waals surface area contributed by atoms with Crippen molar-refractivity contribution in [1.29, 1.82) is 0 Å². The molecule has 0 aliphatic heterocycles. The Bertz CT molecular complexity index is 350. The first-order valence-electron chi connectivity index (χ1n) is 5.88. The highest BCUT2D eigenvalue weighted by Crippen LogP contribution is 2.11. The Balaban J connectivity index is 2.52. The van der Waals surface area contributed by atoms with Gasteiger partial charge < -0.3 is 16.4 Å². The summed E-state index contributed by atoms with van der Waals surface area (Å²) >= 11 is 0. The minimum atomic E-state index is -0.109. The molecule has 17 heavy (non-hydrogen) atoms. The van der Waals surface area contributed by atoms with Gasteiger partial charge in [0.15, 0.2) is 0 Å². The maximum absolute atomic E-state index is 11.3. The van der Waals surface area contributed by atoms with Crippen LogP contribution in [0.25, 0.3) is 0 Å². The van der Waals surface area contributed by atoms with Crippen molar-refractivity contribution in [2.75, 3.05) is 17.2 Å². The van der Waals surface area contributed by atoms with Crippen molar-refractivity contribution in [2.24, 2.45) is 5.73 Å². The Morgan fingerprint density at radius 1 is 1.53 bits per heavy atom. The van der Waals surface area contributed by atoms with Gasteiger partial charge in [-0.05, 0) is 25.5 Å². The number of rotatable bonds is 6. The molecule has 1 heterocycles. The van der Waals surface area contributed by atoms with E-state index in [1.165, 1.54) is 0 Å². The highest BCUT2D eigenvalue weighted by molar-refractivity contribution is 5.89. The van der Waals surface area contributed by atoms with Crippen molar-refractivity contribution in [3.63, 3.8) is 0 Å². The minimum Gasteiger partial charge on any atom is -0.381 e. The summed E-state index contributed by atoms with van der Waals surface area (Å²) in [6, 6.07) is 4.09. The standard InChI is InChI=1S/C12H20N4O/c1-3-9(2)15-10-4-5-11(14-8-10)16-12(17)6-7-13/h4-5,8-9,15H,3,6-7,13H2,1-2H3,(H,14,16,17). The van der Waals surface area contributed by atoms with Crippen LogP contribution in [0.1, 0.15) is 26.7 Å². The van der Waals surface area contributed by atoms with Crippen LogP contribution in [0, 0.1) is 0 Å². The first kappa shape index (κ1) is 13.4. The molecule has 0 saturated heterocycles. The molecule has 0 radical (unpaired) electrons. The van der Waals surface area contributed by atoms with E-state index in [4.69, 9.17) is 5.73 Å². The highest BCUT2D eigenvalue weighted by atomic mass is 16.1. The molecular weight excluding hydrogens is 216 g/mol. The molecule has 5 heteroatoms. The van der Waals surface area contributed by atoms with Gasteiger partial charge in [0.05, 0.1) is 11.9 Å². The molecule has 94 valence electrons. The predicted molar refractivity (Wildman–Crippen MR) is 69.9 cm³/mol. The van der Waals surface area contributed by atoms with Gasteiger partial charge in [-0.15, -0.1) is 0 Å². The average Bonchev–Trinajstić information content (AvgIpc) is 2.32. The minimum absolute atomic E-state index is 0.109. The zero-order valence-corrected chi connectivity index (χ0v) is 10.4. The van der Waals surface area contributed by atoms with Crippen molar-refractivity contribution >= 4 is 17.4 Å². The van der Waals surface area contributed by atoms with Crippen molar-refractivity contribution in [2.45, 2.75) is 32.7 Å². The lowest BCUT2D eigenvalue weighted by Gasteiger charge is -2.12. The molecule has 1 atom stereocenters. The van der Waals surface area contributed by atoms with Gasteiger partial charge in [-0.2, -0.15) is 0 Å². The van der Waals surface area contributed by atoms with Gasteiger partial charge in [-0.1, -0.05) is 6.92 Å². The van der Waals surface area contributed by atoms with Crippen LogP contribution >= 0.6 is 0 Å². The van der Waals surface area contributed by atoms with Crippen LogP contribution in [-0.4, -0.2) is 23.5 Å². The average molecular weight is 236 g/mol. The van der Waals surface area contributed by atoms with E-state index in [-0.39, 0.29) is 5.91 Å². The first-order valence-corrected chi connectivity index (χ1v) is 5.88. The Hall–Kier alpha value is -1.62. The van der Waals surface area contributed by atoms with E-state index in [1.54, 1.807) is 12.3 Å². The molecule has 4 N–H and O–H groups in total. The van der Waals surface area contributed by atoms with Crippen molar-refractivity contribution in [3.8, 4) is 0 Å². The smallest absolute Gasteiger partial charge is 0.226 e. The van der Waals surface area contributed by atoms with Gasteiger partial charge >= 0.3 is 0 Å². The largest absolute Gasteiger partial charge is 0.381 e. The van der Waals surface area contributed by atoms with Gasteiger partial charge in [0, 0.05) is 19.0 Å². The summed E-state index contributed by atoms with van der Waals surface area (Å²) in [5.74, 6) is 0.445. The van der Waals surface area contributed by atoms with Crippen molar-refractivity contribution in [3.05, 3.63) is 18.3 Å². The number of pyridine rings is 1. The number of carbonyl (C=O) groups is 1. The number of anilines is 2. The molecule has 0 saturated carbocycles. The molecule has 0 fully saturated rings. The zero-order valence-electron chi connectivity index (χ0n) is 10.4. The van der Waals surface area contributed by atoms with Crippen LogP contribution in [0.5, 0.6) is 0 Å². The number of hydrogen-bond donors (Lipinski definition) is 3. The molecule has 0 aliphatic carbocycles. The van der Waals surface area contributed by atoms with E-state index >= 15 is 0 Å². The second-order valence-corrected chi connectivity index (χ2v) is 3.97. The number of nitrogens with one attached hydrogen (secondary N) is 2. The summed E-state index contributed by atoms with van der Waals surface area (Å²) in [7, 11) is 0. The third-order valence-corrected chi connectivity index (χ3v) is 2.43. The van der Waals surface area contributed by atoms with E-state index in [0.29, 0.717) is 24.8 Å². The maximum atomic E-state index is 11.3. The summed E-state index contributed by atoms with van der Waals surface area (Å²) in [4.78, 5) is 15.4. The number of carbonyl (C=O) groups excluding carboxylic acids is 1. The monoisotopic (exact) mass is 236 g/mol. The SMILES string of the molecule is CCC(C)Nc1ccc(NC(=O)CCN)nc1. The van der Waals surface area contributed by atoms with Gasteiger partial charge in [-0.25, -0.2) is 4.98 Å². The Kier molecular flexibility index (Phi) is 5.42. The summed E-state index contributed by atoms with van der Waals surface area (Å²) in [5, 5.41) is 5.98. The molecule has 1 unspecified atom stereocenters. The summed E-state index contributed by atoms with van der Waals surface area (Å²) < 4.78 is 0. The molecule has 0 aliphatic rings. The van der Waals surface area contributed by atoms with Gasteiger partial charge in [0.25, 0.3) is 0 Å². The van der Waals surface area contributed by atoms with Crippen molar-refractivity contribution in [1.82, 2.24) is 4.98 Å². The molecule has 0 aromatic carbocycles. The molecule has 1 rings (SSSR count). The predicted octanol–water partition coefficient (Wildman–Crippen LogP) is 1.58. The summed E-state index contributed by atoms with van der Waals surface area (Å²) in [6.07, 6.45) is 3.08. The quantitative estimate of drug-likeness (QED) is 0.700. The number of hydrogen-bond acceptors (Lipinski definition) is 4. The molecular formula is C12H20N4O. The topological polar surface area (TPSA) is 80.0 Å². The Morgan fingerprint density at radius 3 is 2.82 bits per heavy atom. The zero-order chi connectivity index (χ0) is 12.7. The number of nitrogens with zero attached hydrogens (tertiary/aromatic N) is 1. The van der Waals surface area contributed by atoms with E-state index in [2.05, 4.69) is 29.5 Å². The Morgan fingerprint density at radius 2 is 2.29 bits per heavy atom. The maximum Gasteiger partial charge on any atom is 0.226 e.